The Labute approximate surface area is 118 Å². The lowest BCUT2D eigenvalue weighted by Gasteiger charge is -2.22. The minimum Gasteiger partial charge on any atom is -0.399 e. The van der Waals surface area contributed by atoms with Crippen LogP contribution in [-0.2, 0) is 0 Å². The van der Waals surface area contributed by atoms with E-state index >= 15 is 0 Å². The van der Waals surface area contributed by atoms with E-state index in [2.05, 4.69) is 34.0 Å². The van der Waals surface area contributed by atoms with Crippen LogP contribution in [0, 0.1) is 0 Å². The molecule has 0 aromatic heterocycles. The van der Waals surface area contributed by atoms with E-state index in [0.717, 1.165) is 26.1 Å². The molecular weight excluding hydrogens is 347 g/mol. The van der Waals surface area contributed by atoms with Crippen molar-refractivity contribution in [2.24, 2.45) is 0 Å². The fraction of sp³-hybridized carbons (Fsp3) is 0.909. The highest BCUT2D eigenvalue weighted by atomic mass is 127. The van der Waals surface area contributed by atoms with Gasteiger partial charge in [0.05, 0.1) is 0 Å². The minimum absolute atomic E-state index is 0.0745. The highest BCUT2D eigenvalue weighted by Crippen LogP contribution is 2.26. The Morgan fingerprint density at radius 1 is 1.59 bits per heavy atom. The van der Waals surface area contributed by atoms with Crippen molar-refractivity contribution in [2.45, 2.75) is 38.1 Å². The number of aliphatic hydroxyl groups is 1. The van der Waals surface area contributed by atoms with Crippen molar-refractivity contribution in [1.29, 1.82) is 0 Å². The van der Waals surface area contributed by atoms with Gasteiger partial charge in [-0.3, -0.25) is 0 Å². The van der Waals surface area contributed by atoms with Crippen LogP contribution in [0.3, 0.4) is 0 Å². The molecule has 0 saturated carbocycles. The summed E-state index contributed by atoms with van der Waals surface area (Å²) < 4.78 is 0. The fourth-order valence-electron chi connectivity index (χ4n) is 2.07. The molecule has 1 radical (unpaired) electrons. The number of nitrogens with zero attached hydrogens (tertiary/aromatic N) is 1. The summed E-state index contributed by atoms with van der Waals surface area (Å²) in [5.74, 6) is 0. The van der Waals surface area contributed by atoms with E-state index < -0.39 is 6.29 Å². The summed E-state index contributed by atoms with van der Waals surface area (Å²) in [5.41, 5.74) is 0.624. The van der Waals surface area contributed by atoms with Gasteiger partial charge in [-0.1, -0.05) is 26.2 Å². The molecule has 0 aromatic rings. The third kappa shape index (κ3) is 5.13. The second kappa shape index (κ2) is 8.31. The molecule has 1 saturated heterocycles. The van der Waals surface area contributed by atoms with Gasteiger partial charge >= 0.3 is 6.03 Å². The van der Waals surface area contributed by atoms with Crippen molar-refractivity contribution in [3.63, 3.8) is 0 Å². The second-order valence-corrected chi connectivity index (χ2v) is 10.6. The average Bonchev–Trinajstić information content (AvgIpc) is 2.74. The Morgan fingerprint density at radius 3 is 2.88 bits per heavy atom. The molecule has 0 spiro atoms. The smallest absolute Gasteiger partial charge is 0.317 e. The summed E-state index contributed by atoms with van der Waals surface area (Å²) in [4.78, 5) is 13.3. The van der Waals surface area contributed by atoms with E-state index in [1.54, 1.807) is 0 Å². The standard InChI is InChI=1S/C11H22IN2O2Si/c1-2-3-4-10(17(12)9-15)5-7-14-8-6-13-11(14)16/h10,15H,2-9H2,1H3,(H,13,16). The number of urea groups is 1. The molecule has 6 heteroatoms. The van der Waals surface area contributed by atoms with Gasteiger partial charge in [0.2, 0.25) is 0 Å². The summed E-state index contributed by atoms with van der Waals surface area (Å²) in [6.45, 7) is 4.66. The Hall–Kier alpha value is 0.177. The van der Waals surface area contributed by atoms with Crippen LogP contribution in [0.5, 0.6) is 0 Å². The van der Waals surface area contributed by atoms with Crippen LogP contribution in [-0.4, -0.2) is 48.2 Å². The predicted octanol–water partition coefficient (Wildman–Crippen LogP) is 1.92. The molecule has 1 aliphatic heterocycles. The van der Waals surface area contributed by atoms with E-state index in [4.69, 9.17) is 0 Å². The number of amides is 2. The monoisotopic (exact) mass is 369 g/mol. The van der Waals surface area contributed by atoms with Crippen LogP contribution in [0.25, 0.3) is 0 Å². The normalized spacial score (nSPS) is 17.6. The molecule has 1 rings (SSSR count). The van der Waals surface area contributed by atoms with Crippen molar-refractivity contribution in [1.82, 2.24) is 10.2 Å². The molecule has 1 unspecified atom stereocenters. The van der Waals surface area contributed by atoms with E-state index in [9.17, 15) is 9.90 Å². The molecular formula is C11H22IN2O2Si. The van der Waals surface area contributed by atoms with Crippen LogP contribution >= 0.6 is 21.8 Å². The first kappa shape index (κ1) is 15.2. The first-order chi connectivity index (χ1) is 8.19. The number of unbranched alkanes of at least 4 members (excludes halogenated alkanes) is 1. The topological polar surface area (TPSA) is 52.6 Å². The third-order valence-corrected chi connectivity index (χ3v) is 8.62. The minimum atomic E-state index is -0.681. The maximum Gasteiger partial charge on any atom is 0.317 e. The zero-order valence-corrected chi connectivity index (χ0v) is 13.6. The second-order valence-electron chi connectivity index (χ2n) is 4.45. The predicted molar refractivity (Wildman–Crippen MR) is 79.7 cm³/mol. The zero-order valence-electron chi connectivity index (χ0n) is 10.4. The van der Waals surface area contributed by atoms with Gasteiger partial charge in [-0.25, -0.2) is 4.79 Å². The summed E-state index contributed by atoms with van der Waals surface area (Å²) in [6.07, 6.45) is 4.34. The average molecular weight is 369 g/mol. The third-order valence-electron chi connectivity index (χ3n) is 3.19. The van der Waals surface area contributed by atoms with Crippen molar-refractivity contribution in [3.8, 4) is 0 Å². The van der Waals surface area contributed by atoms with E-state index in [1.807, 2.05) is 4.90 Å². The van der Waals surface area contributed by atoms with Crippen LogP contribution in [0.1, 0.15) is 32.6 Å². The Balaban J connectivity index is 2.34. The van der Waals surface area contributed by atoms with Gasteiger partial charge in [0.1, 0.15) is 0 Å². The maximum absolute atomic E-state index is 11.4. The SMILES string of the molecule is CCCCC(CCN1CCNC1=O)[Si](I)CO. The number of hydrogen-bond acceptors (Lipinski definition) is 2. The van der Waals surface area contributed by atoms with Crippen molar-refractivity contribution in [2.75, 3.05) is 25.9 Å². The Morgan fingerprint density at radius 2 is 2.35 bits per heavy atom. The van der Waals surface area contributed by atoms with Crippen LogP contribution in [0.15, 0.2) is 0 Å². The summed E-state index contributed by atoms with van der Waals surface area (Å²) in [7, 11) is 0. The summed E-state index contributed by atoms with van der Waals surface area (Å²) in [6, 6.07) is 0.0745. The number of halogens is 1. The van der Waals surface area contributed by atoms with Gasteiger partial charge in [-0.2, -0.15) is 0 Å². The maximum atomic E-state index is 11.4. The lowest BCUT2D eigenvalue weighted by Crippen LogP contribution is -2.31. The first-order valence-electron chi connectivity index (χ1n) is 6.33. The van der Waals surface area contributed by atoms with Crippen LogP contribution < -0.4 is 5.32 Å². The number of rotatable bonds is 8. The molecule has 1 fully saturated rings. The van der Waals surface area contributed by atoms with Gasteiger partial charge < -0.3 is 15.3 Å². The molecule has 99 valence electrons. The van der Waals surface area contributed by atoms with Gasteiger partial charge in [0, 0.05) is 25.9 Å². The molecule has 0 aliphatic carbocycles. The Bertz CT molecular complexity index is 244. The van der Waals surface area contributed by atoms with E-state index in [-0.39, 0.29) is 6.03 Å². The van der Waals surface area contributed by atoms with Crippen LogP contribution in [0.2, 0.25) is 5.54 Å². The van der Waals surface area contributed by atoms with E-state index in [1.165, 1.54) is 19.3 Å². The molecule has 0 aromatic carbocycles. The van der Waals surface area contributed by atoms with Crippen LogP contribution in [0.4, 0.5) is 4.79 Å². The molecule has 0 bridgehead atoms. The highest BCUT2D eigenvalue weighted by molar-refractivity contribution is 14.1. The van der Waals surface area contributed by atoms with Gasteiger partial charge in [0.25, 0.3) is 0 Å². The van der Waals surface area contributed by atoms with Gasteiger partial charge in [-0.05, 0) is 12.0 Å². The lowest BCUT2D eigenvalue weighted by atomic mass is 10.1. The molecule has 4 nitrogen and oxygen atoms in total. The highest BCUT2D eigenvalue weighted by Gasteiger charge is 2.24. The molecule has 2 amide bonds. The lowest BCUT2D eigenvalue weighted by molar-refractivity contribution is 0.216. The number of aliphatic hydroxyl groups excluding tert-OH is 1. The van der Waals surface area contributed by atoms with Crippen molar-refractivity contribution in [3.05, 3.63) is 0 Å². The molecule has 1 aliphatic rings. The van der Waals surface area contributed by atoms with Gasteiger partial charge in [-0.15, -0.1) is 21.8 Å². The zero-order chi connectivity index (χ0) is 12.7. The van der Waals surface area contributed by atoms with Crippen molar-refractivity contribution < 1.29 is 9.90 Å². The number of carbonyl (C=O) groups excluding carboxylic acids is 1. The van der Waals surface area contributed by atoms with Crippen molar-refractivity contribution >= 4 is 34.1 Å². The number of nitrogens with one attached hydrogen (secondary N) is 1. The molecule has 1 atom stereocenters. The number of hydrogen-bond donors (Lipinski definition) is 2. The molecule has 17 heavy (non-hydrogen) atoms. The number of carbonyl (C=O) groups is 1. The molecule has 1 heterocycles. The summed E-state index contributed by atoms with van der Waals surface area (Å²) in [5, 5.41) is 12.1. The Kier molecular flexibility index (Phi) is 7.45. The summed E-state index contributed by atoms with van der Waals surface area (Å²) >= 11 is 2.43. The fourth-order valence-corrected chi connectivity index (χ4v) is 5.16. The molecule has 2 N–H and O–H groups in total. The quantitative estimate of drug-likeness (QED) is 0.390. The van der Waals surface area contributed by atoms with E-state index in [0.29, 0.717) is 11.8 Å². The largest absolute Gasteiger partial charge is 0.399 e. The van der Waals surface area contributed by atoms with Gasteiger partial charge in [0.15, 0.2) is 6.29 Å². The first-order valence-corrected chi connectivity index (χ1v) is 11.2.